The Kier molecular flexibility index (Phi) is 5.79. The molecule has 0 heterocycles. The third kappa shape index (κ3) is 4.07. The molecule has 1 aromatic rings. The van der Waals surface area contributed by atoms with Crippen LogP contribution in [0.4, 0.5) is 4.39 Å². The van der Waals surface area contributed by atoms with Crippen molar-refractivity contribution in [3.63, 3.8) is 0 Å². The largest absolute Gasteiger partial charge is 0.349 e. The Bertz CT molecular complexity index is 615. The van der Waals surface area contributed by atoms with Crippen LogP contribution in [-0.4, -0.2) is 20.4 Å². The Hall–Kier alpha value is -0.850. The van der Waals surface area contributed by atoms with Crippen LogP contribution in [0.1, 0.15) is 37.0 Å². The first-order valence-electron chi connectivity index (χ1n) is 5.95. The molecule has 0 saturated heterocycles. The van der Waals surface area contributed by atoms with E-state index >= 15 is 0 Å². The van der Waals surface area contributed by atoms with Gasteiger partial charge in [-0.3, -0.25) is 4.79 Å². The molecule has 0 aromatic heterocycles. The fourth-order valence-electron chi connectivity index (χ4n) is 1.65. The van der Waals surface area contributed by atoms with Crippen LogP contribution in [0, 0.1) is 5.82 Å². The van der Waals surface area contributed by atoms with Crippen molar-refractivity contribution in [2.24, 2.45) is 0 Å². The van der Waals surface area contributed by atoms with Gasteiger partial charge in [-0.05, 0) is 25.0 Å². The topological polar surface area (TPSA) is 63.2 Å². The van der Waals surface area contributed by atoms with Crippen LogP contribution in [0.15, 0.2) is 17.0 Å². The zero-order chi connectivity index (χ0) is 15.5. The van der Waals surface area contributed by atoms with Crippen LogP contribution in [0.5, 0.6) is 0 Å². The van der Waals surface area contributed by atoms with Gasteiger partial charge in [0.2, 0.25) is 0 Å². The molecule has 1 rings (SSSR count). The smallest absolute Gasteiger partial charge is 0.264 e. The molecule has 1 amide bonds. The lowest BCUT2D eigenvalue weighted by Crippen LogP contribution is -2.34. The van der Waals surface area contributed by atoms with Gasteiger partial charge in [0.1, 0.15) is 10.7 Å². The molecular formula is C12H14Cl2FNO3S. The van der Waals surface area contributed by atoms with E-state index in [4.69, 9.17) is 22.3 Å². The van der Waals surface area contributed by atoms with Crippen LogP contribution in [0.2, 0.25) is 5.02 Å². The maximum Gasteiger partial charge on any atom is 0.264 e. The molecule has 0 bridgehead atoms. The van der Waals surface area contributed by atoms with Crippen LogP contribution in [-0.2, 0) is 9.05 Å². The minimum absolute atomic E-state index is 0.0697. The van der Waals surface area contributed by atoms with Crippen LogP contribution in [0.25, 0.3) is 0 Å². The summed E-state index contributed by atoms with van der Waals surface area (Å²) in [5, 5.41) is 2.52. The number of halogens is 3. The number of nitrogens with one attached hydrogen (secondary N) is 1. The molecule has 0 unspecified atom stereocenters. The van der Waals surface area contributed by atoms with E-state index in [1.165, 1.54) is 0 Å². The maximum atomic E-state index is 13.5. The summed E-state index contributed by atoms with van der Waals surface area (Å²) in [7, 11) is 0.823. The molecular weight excluding hydrogens is 328 g/mol. The van der Waals surface area contributed by atoms with E-state index in [1.54, 1.807) is 0 Å². The molecule has 0 aliphatic rings. The summed E-state index contributed by atoms with van der Waals surface area (Å²) < 4.78 is 36.0. The van der Waals surface area contributed by atoms with E-state index in [2.05, 4.69) is 5.32 Å². The van der Waals surface area contributed by atoms with Crippen molar-refractivity contribution in [3.8, 4) is 0 Å². The summed E-state index contributed by atoms with van der Waals surface area (Å²) in [5.41, 5.74) is -0.126. The van der Waals surface area contributed by atoms with Gasteiger partial charge in [0.15, 0.2) is 0 Å². The lowest BCUT2D eigenvalue weighted by molar-refractivity contribution is 0.0934. The Labute approximate surface area is 126 Å². The van der Waals surface area contributed by atoms with Crippen molar-refractivity contribution >= 4 is 37.2 Å². The Morgan fingerprint density at radius 3 is 2.35 bits per heavy atom. The molecule has 112 valence electrons. The lowest BCUT2D eigenvalue weighted by atomic mass is 10.1. The number of carbonyl (C=O) groups excluding carboxylic acids is 1. The normalized spacial score (nSPS) is 11.7. The average Bonchev–Trinajstić information content (AvgIpc) is 2.33. The highest BCUT2D eigenvalue weighted by atomic mass is 35.7. The van der Waals surface area contributed by atoms with Crippen molar-refractivity contribution in [1.29, 1.82) is 0 Å². The third-order valence-electron chi connectivity index (χ3n) is 2.85. The average molecular weight is 342 g/mol. The molecule has 1 N–H and O–H groups in total. The van der Waals surface area contributed by atoms with Crippen molar-refractivity contribution in [1.82, 2.24) is 5.32 Å². The molecule has 0 fully saturated rings. The van der Waals surface area contributed by atoms with E-state index in [0.29, 0.717) is 12.8 Å². The summed E-state index contributed by atoms with van der Waals surface area (Å²) in [6, 6.07) is 1.54. The van der Waals surface area contributed by atoms with Gasteiger partial charge in [0, 0.05) is 16.7 Å². The van der Waals surface area contributed by atoms with E-state index in [-0.39, 0.29) is 16.6 Å². The maximum absolute atomic E-state index is 13.5. The van der Waals surface area contributed by atoms with Gasteiger partial charge in [-0.1, -0.05) is 25.4 Å². The number of hydrogen-bond acceptors (Lipinski definition) is 3. The third-order valence-corrected chi connectivity index (χ3v) is 4.50. The van der Waals surface area contributed by atoms with Crippen molar-refractivity contribution in [2.45, 2.75) is 37.6 Å². The predicted molar refractivity (Wildman–Crippen MR) is 76.3 cm³/mol. The molecule has 1 aromatic carbocycles. The second-order valence-electron chi connectivity index (χ2n) is 4.19. The fourth-order valence-corrected chi connectivity index (χ4v) is 2.79. The van der Waals surface area contributed by atoms with Crippen LogP contribution in [0.3, 0.4) is 0 Å². The zero-order valence-electron chi connectivity index (χ0n) is 10.9. The molecule has 0 aliphatic heterocycles. The Balaban J connectivity index is 3.22. The van der Waals surface area contributed by atoms with E-state index < -0.39 is 25.7 Å². The first-order valence-corrected chi connectivity index (χ1v) is 8.64. The number of benzene rings is 1. The first kappa shape index (κ1) is 17.2. The summed E-state index contributed by atoms with van der Waals surface area (Å²) in [5.74, 6) is -1.66. The van der Waals surface area contributed by atoms with Gasteiger partial charge < -0.3 is 5.32 Å². The van der Waals surface area contributed by atoms with Crippen LogP contribution < -0.4 is 5.32 Å². The van der Waals surface area contributed by atoms with Crippen molar-refractivity contribution < 1.29 is 17.6 Å². The SMILES string of the molecule is CCC(CC)NC(=O)c1cc(S(=O)(=O)Cl)c(F)cc1Cl. The molecule has 0 radical (unpaired) electrons. The number of amides is 1. The monoisotopic (exact) mass is 341 g/mol. The van der Waals surface area contributed by atoms with Gasteiger partial charge >= 0.3 is 0 Å². The molecule has 4 nitrogen and oxygen atoms in total. The van der Waals surface area contributed by atoms with Gasteiger partial charge in [-0.2, -0.15) is 0 Å². The highest BCUT2D eigenvalue weighted by Crippen LogP contribution is 2.26. The number of carbonyl (C=O) groups is 1. The number of rotatable bonds is 5. The summed E-state index contributed by atoms with van der Waals surface area (Å²) in [6.07, 6.45) is 1.42. The van der Waals surface area contributed by atoms with E-state index in [1.807, 2.05) is 13.8 Å². The summed E-state index contributed by atoms with van der Waals surface area (Å²) in [6.45, 7) is 3.80. The predicted octanol–water partition coefficient (Wildman–Crippen LogP) is 3.33. The summed E-state index contributed by atoms with van der Waals surface area (Å²) >= 11 is 5.78. The van der Waals surface area contributed by atoms with Gasteiger partial charge in [-0.15, -0.1) is 0 Å². The standard InChI is InChI=1S/C12H14Cl2FNO3S/c1-3-7(4-2)16-12(17)8-5-11(20(14,18)19)10(15)6-9(8)13/h5-7H,3-4H2,1-2H3,(H,16,17). The van der Waals surface area contributed by atoms with Crippen LogP contribution >= 0.6 is 22.3 Å². The highest BCUT2D eigenvalue weighted by Gasteiger charge is 2.22. The minimum Gasteiger partial charge on any atom is -0.349 e. The van der Waals surface area contributed by atoms with Gasteiger partial charge in [0.05, 0.1) is 10.6 Å². The van der Waals surface area contributed by atoms with Crippen molar-refractivity contribution in [3.05, 3.63) is 28.5 Å². The van der Waals surface area contributed by atoms with Gasteiger partial charge in [0.25, 0.3) is 15.0 Å². The Morgan fingerprint density at radius 2 is 1.90 bits per heavy atom. The summed E-state index contributed by atoms with van der Waals surface area (Å²) in [4.78, 5) is 11.3. The van der Waals surface area contributed by atoms with E-state index in [0.717, 1.165) is 12.1 Å². The highest BCUT2D eigenvalue weighted by molar-refractivity contribution is 8.13. The second-order valence-corrected chi connectivity index (χ2v) is 7.13. The molecule has 0 aliphatic carbocycles. The molecule has 8 heteroatoms. The lowest BCUT2D eigenvalue weighted by Gasteiger charge is -2.15. The molecule has 0 saturated carbocycles. The Morgan fingerprint density at radius 1 is 1.35 bits per heavy atom. The molecule has 20 heavy (non-hydrogen) atoms. The van der Waals surface area contributed by atoms with Gasteiger partial charge in [-0.25, -0.2) is 12.8 Å². The first-order chi connectivity index (χ1) is 9.20. The minimum atomic E-state index is -4.29. The second kappa shape index (κ2) is 6.74. The fraction of sp³-hybridized carbons (Fsp3) is 0.417. The molecule has 0 spiro atoms. The quantitative estimate of drug-likeness (QED) is 0.835. The number of hydrogen-bond donors (Lipinski definition) is 1. The van der Waals surface area contributed by atoms with E-state index in [9.17, 15) is 17.6 Å². The van der Waals surface area contributed by atoms with Crippen molar-refractivity contribution in [2.75, 3.05) is 0 Å². The zero-order valence-corrected chi connectivity index (χ0v) is 13.2. The molecule has 0 atom stereocenters.